The van der Waals surface area contributed by atoms with Gasteiger partial charge in [-0.1, -0.05) is 127 Å². The Hall–Kier alpha value is -8.77. The van der Waals surface area contributed by atoms with Gasteiger partial charge in [-0.25, -0.2) is 18.5 Å². The highest BCUT2D eigenvalue weighted by atomic mass is 32.2. The predicted molar refractivity (Wildman–Crippen MR) is 336 cm³/mol. The minimum Gasteiger partial charge on any atom is -0.494 e. The third kappa shape index (κ3) is 18.0. The number of ether oxygens (including phenoxy) is 4. The molecule has 0 fully saturated rings. The van der Waals surface area contributed by atoms with Crippen molar-refractivity contribution in [2.24, 2.45) is 0 Å². The molecule has 1 aliphatic heterocycles. The summed E-state index contributed by atoms with van der Waals surface area (Å²) >= 11 is 0. The van der Waals surface area contributed by atoms with Gasteiger partial charge in [-0.3, -0.25) is 33.4 Å². The molecular weight excluding hydrogens is 1160 g/mol. The fourth-order valence-electron chi connectivity index (χ4n) is 10.7. The van der Waals surface area contributed by atoms with Crippen LogP contribution in [0.2, 0.25) is 0 Å². The minimum absolute atomic E-state index is 0.145. The lowest BCUT2D eigenvalue weighted by atomic mass is 9.76. The summed E-state index contributed by atoms with van der Waals surface area (Å²) in [7, 11) is -2.78. The molecule has 470 valence electrons. The predicted octanol–water partition coefficient (Wildman–Crippen LogP) is 7.59. The third-order valence-corrected chi connectivity index (χ3v) is 16.8. The topological polar surface area (TPSA) is 258 Å². The lowest BCUT2D eigenvalue weighted by molar-refractivity contribution is -0.178. The first-order valence-corrected chi connectivity index (χ1v) is 31.2. The number of carbonyl (C=O) groups excluding carboxylic acids is 4. The highest BCUT2D eigenvalue weighted by Crippen LogP contribution is 2.43. The summed E-state index contributed by atoms with van der Waals surface area (Å²) in [5.41, 5.74) is 5.52. The third-order valence-electron chi connectivity index (χ3n) is 15.1. The van der Waals surface area contributed by atoms with E-state index in [9.17, 15) is 37.5 Å². The molecule has 22 heteroatoms. The summed E-state index contributed by atoms with van der Waals surface area (Å²) in [6.45, 7) is 6.63. The van der Waals surface area contributed by atoms with Gasteiger partial charge in [-0.2, -0.15) is 4.72 Å². The number of carboxylic acid groups (broad SMARTS) is 1. The molecule has 7 aromatic rings. The van der Waals surface area contributed by atoms with Crippen LogP contribution in [0.1, 0.15) is 81.4 Å². The SMILES string of the molecule is Cc1cc(OCCCC(=O)NCCCOCCOCCOCCCN(C=O)OCc2ccccc2)cc(C)c1S(=O)(=O)NC(CNC(=O)C1CC(=O)c2ccc(CNc3nccn3C(c3ccccc3)(c3ccccc3)c3ccccc3)cc2N1C)C(=O)O. The normalized spacial score (nSPS) is 13.5. The standard InChI is InChI=1S/C67H78N8O13S/c1-49-41-56(87-36-16-27-62(78)68-30-17-34-84-37-39-86-40-38-85-35-18-32-74(48-76)88-47-51-19-8-4-9-20-51)42-50(2)63(49)89(82,83)72-58(65(80)81)46-70-64(79)60-44-61(77)57-29-28-52(43-59(57)73(60)3)45-71-66-69-31-33-75(66)67(53-21-10-5-11-22-53,54-23-12-6-13-24-54)55-25-14-7-15-26-55/h4-15,19-26,28-29,31,33,41-43,48,58,60,72H,16-18,27,30,32,34-40,44-47H2,1-3H3,(H,68,78)(H,69,71)(H,70,79)(H,80,81). The summed E-state index contributed by atoms with van der Waals surface area (Å²) in [6.07, 6.45) is 5.99. The number of amides is 3. The Morgan fingerprint density at radius 1 is 0.742 bits per heavy atom. The van der Waals surface area contributed by atoms with E-state index in [1.807, 2.05) is 103 Å². The average molecular weight is 1240 g/mol. The molecule has 21 nitrogen and oxygen atoms in total. The number of sulfonamides is 1. The number of hydrogen-bond acceptors (Lipinski definition) is 15. The second-order valence-corrected chi connectivity index (χ2v) is 23.0. The van der Waals surface area contributed by atoms with Gasteiger partial charge in [0.1, 0.15) is 30.0 Å². The summed E-state index contributed by atoms with van der Waals surface area (Å²) < 4.78 is 54.7. The lowest BCUT2D eigenvalue weighted by Crippen LogP contribution is -2.54. The fourth-order valence-corrected chi connectivity index (χ4v) is 12.4. The van der Waals surface area contributed by atoms with Crippen LogP contribution in [-0.4, -0.2) is 143 Å². The van der Waals surface area contributed by atoms with Gasteiger partial charge in [0.15, 0.2) is 5.78 Å². The van der Waals surface area contributed by atoms with E-state index >= 15 is 0 Å². The van der Waals surface area contributed by atoms with E-state index in [0.29, 0.717) is 126 Å². The van der Waals surface area contributed by atoms with E-state index in [1.165, 1.54) is 17.2 Å². The molecule has 0 bridgehead atoms. The van der Waals surface area contributed by atoms with Crippen molar-refractivity contribution in [1.29, 1.82) is 0 Å². The molecule has 0 saturated carbocycles. The first kappa shape index (κ1) is 66.2. The van der Waals surface area contributed by atoms with Gasteiger partial charge in [0, 0.05) is 76.4 Å². The Morgan fingerprint density at radius 3 is 1.92 bits per heavy atom. The van der Waals surface area contributed by atoms with Crippen molar-refractivity contribution in [2.45, 2.75) is 81.6 Å². The molecule has 0 spiro atoms. The number of carboxylic acids is 1. The quantitative estimate of drug-likeness (QED) is 0.0109. The number of carbonyl (C=O) groups is 5. The molecule has 5 N–H and O–H groups in total. The van der Waals surface area contributed by atoms with Crippen LogP contribution in [0.25, 0.3) is 0 Å². The Morgan fingerprint density at radius 2 is 1.33 bits per heavy atom. The first-order valence-electron chi connectivity index (χ1n) is 29.7. The van der Waals surface area contributed by atoms with Crippen LogP contribution in [0.4, 0.5) is 11.6 Å². The maximum Gasteiger partial charge on any atom is 0.323 e. The first-order chi connectivity index (χ1) is 43.2. The van der Waals surface area contributed by atoms with Crippen LogP contribution in [0.15, 0.2) is 169 Å². The van der Waals surface area contributed by atoms with Crippen molar-refractivity contribution in [3.8, 4) is 5.75 Å². The van der Waals surface area contributed by atoms with Crippen LogP contribution in [-0.2, 0) is 66.9 Å². The molecule has 0 aliphatic carbocycles. The van der Waals surface area contributed by atoms with E-state index in [2.05, 4.69) is 61.6 Å². The smallest absolute Gasteiger partial charge is 0.323 e. The number of benzene rings is 6. The Labute approximate surface area is 519 Å². The van der Waals surface area contributed by atoms with Gasteiger partial charge in [0.2, 0.25) is 34.2 Å². The number of aryl methyl sites for hydroxylation is 2. The summed E-state index contributed by atoms with van der Waals surface area (Å²) in [6, 6.07) is 45.9. The molecule has 1 aliphatic rings. The monoisotopic (exact) mass is 1230 g/mol. The molecule has 2 heterocycles. The number of aliphatic carboxylic acids is 1. The van der Waals surface area contributed by atoms with E-state index in [0.717, 1.165) is 27.8 Å². The van der Waals surface area contributed by atoms with Crippen LogP contribution in [0, 0.1) is 13.8 Å². The van der Waals surface area contributed by atoms with Crippen LogP contribution >= 0.6 is 0 Å². The van der Waals surface area contributed by atoms with E-state index in [1.54, 1.807) is 38.1 Å². The van der Waals surface area contributed by atoms with Crippen molar-refractivity contribution in [3.05, 3.63) is 209 Å². The Kier molecular flexibility index (Phi) is 24.5. The van der Waals surface area contributed by atoms with Gasteiger partial charge in [-0.15, -0.1) is 0 Å². The van der Waals surface area contributed by atoms with Gasteiger partial charge in [0.25, 0.3) is 0 Å². The lowest BCUT2D eigenvalue weighted by Gasteiger charge is -2.38. The molecule has 2 unspecified atom stereocenters. The molecule has 0 radical (unpaired) electrons. The van der Waals surface area contributed by atoms with Crippen molar-refractivity contribution < 1.29 is 61.3 Å². The zero-order chi connectivity index (χ0) is 63.0. The molecular formula is C67H78N8O13S. The maximum absolute atomic E-state index is 13.9. The number of ketones is 1. The zero-order valence-electron chi connectivity index (χ0n) is 50.4. The highest BCUT2D eigenvalue weighted by molar-refractivity contribution is 7.89. The molecule has 8 rings (SSSR count). The summed E-state index contributed by atoms with van der Waals surface area (Å²) in [4.78, 5) is 75.7. The number of nitrogens with zero attached hydrogens (tertiary/aromatic N) is 4. The molecule has 1 aromatic heterocycles. The fraction of sp³-hybridized carbons (Fsp3) is 0.343. The second-order valence-electron chi connectivity index (χ2n) is 21.4. The van der Waals surface area contributed by atoms with Crippen molar-refractivity contribution in [3.63, 3.8) is 0 Å². The molecule has 2 atom stereocenters. The van der Waals surface area contributed by atoms with Crippen molar-refractivity contribution in [1.82, 2.24) is 30.0 Å². The number of fused-ring (bicyclic) bond motifs is 1. The molecule has 3 amide bonds. The number of aromatic nitrogens is 2. The van der Waals surface area contributed by atoms with E-state index < -0.39 is 46.1 Å². The number of imidazole rings is 1. The zero-order valence-corrected chi connectivity index (χ0v) is 51.2. The van der Waals surface area contributed by atoms with Gasteiger partial charge < -0.3 is 44.9 Å². The van der Waals surface area contributed by atoms with Crippen LogP contribution in [0.3, 0.4) is 0 Å². The Bertz CT molecular complexity index is 3420. The van der Waals surface area contributed by atoms with Crippen LogP contribution < -0.4 is 30.3 Å². The highest BCUT2D eigenvalue weighted by Gasteiger charge is 2.40. The molecule has 0 saturated heterocycles. The van der Waals surface area contributed by atoms with E-state index in [4.69, 9.17) is 28.8 Å². The number of anilines is 2. The number of likely N-dealkylation sites (N-methyl/N-ethyl adjacent to an activating group) is 1. The second kappa shape index (κ2) is 33.0. The number of hydroxylamine groups is 2. The van der Waals surface area contributed by atoms with Crippen molar-refractivity contribution >= 4 is 51.6 Å². The largest absolute Gasteiger partial charge is 0.494 e. The Balaban J connectivity index is 0.745. The molecule has 89 heavy (non-hydrogen) atoms. The average Bonchev–Trinajstić information content (AvgIpc) is 1.75. The van der Waals surface area contributed by atoms with Crippen LogP contribution in [0.5, 0.6) is 5.75 Å². The number of hydrogen-bond donors (Lipinski definition) is 5. The molecule has 6 aromatic carbocycles. The number of nitrogens with one attached hydrogen (secondary N) is 4. The minimum atomic E-state index is -4.46. The van der Waals surface area contributed by atoms with Gasteiger partial charge in [0.05, 0.1) is 44.5 Å². The number of rotatable bonds is 37. The van der Waals surface area contributed by atoms with Gasteiger partial charge in [-0.05, 0) is 96.3 Å². The van der Waals surface area contributed by atoms with E-state index in [-0.39, 0.29) is 36.0 Å². The van der Waals surface area contributed by atoms with Crippen molar-refractivity contribution in [2.75, 3.05) is 83.1 Å². The van der Waals surface area contributed by atoms with Gasteiger partial charge >= 0.3 is 5.97 Å². The maximum atomic E-state index is 13.9. The summed E-state index contributed by atoms with van der Waals surface area (Å²) in [5, 5.41) is 20.5. The summed E-state index contributed by atoms with van der Waals surface area (Å²) in [5.74, 6) is -1.66. The number of Topliss-reactive ketones (excluding diaryl/α,β-unsaturated/α-hetero) is 1.